The van der Waals surface area contributed by atoms with E-state index in [4.69, 9.17) is 0 Å². The smallest absolute Gasteiger partial charge is 0.272 e. The van der Waals surface area contributed by atoms with Crippen molar-refractivity contribution < 1.29 is 14.0 Å². The Hall–Kier alpha value is -2.76. The molecule has 1 aliphatic rings. The number of nitrogens with one attached hydrogen (secondary N) is 1. The Balaban J connectivity index is 1.65. The lowest BCUT2D eigenvalue weighted by atomic mass is 10.00. The molecule has 136 valence electrons. The molecule has 0 spiro atoms. The molecule has 1 aromatic carbocycles. The van der Waals surface area contributed by atoms with Gasteiger partial charge < -0.3 is 10.2 Å². The van der Waals surface area contributed by atoms with Gasteiger partial charge in [0.05, 0.1) is 0 Å². The number of pyridine rings is 1. The van der Waals surface area contributed by atoms with Gasteiger partial charge in [-0.25, -0.2) is 4.39 Å². The summed E-state index contributed by atoms with van der Waals surface area (Å²) in [6.45, 7) is 3.87. The van der Waals surface area contributed by atoms with E-state index in [0.29, 0.717) is 11.5 Å². The quantitative estimate of drug-likeness (QED) is 0.917. The van der Waals surface area contributed by atoms with Crippen LogP contribution in [0, 0.1) is 11.7 Å². The predicted octanol–water partition coefficient (Wildman–Crippen LogP) is 3.02. The first-order valence-corrected chi connectivity index (χ1v) is 8.81. The Morgan fingerprint density at radius 1 is 1.27 bits per heavy atom. The fraction of sp³-hybridized carbons (Fsp3) is 0.350. The summed E-state index contributed by atoms with van der Waals surface area (Å²) in [6, 6.07) is 9.05. The maximum Gasteiger partial charge on any atom is 0.272 e. The Morgan fingerprint density at radius 2 is 2.04 bits per heavy atom. The number of piperidine rings is 1. The molecule has 2 aromatic rings. The van der Waals surface area contributed by atoms with Crippen molar-refractivity contribution in [1.82, 2.24) is 15.2 Å². The lowest BCUT2D eigenvalue weighted by Gasteiger charge is -2.30. The fourth-order valence-corrected chi connectivity index (χ4v) is 3.11. The first-order chi connectivity index (χ1) is 12.5. The van der Waals surface area contributed by atoms with Crippen LogP contribution in [0.15, 0.2) is 42.6 Å². The maximum absolute atomic E-state index is 12.9. The summed E-state index contributed by atoms with van der Waals surface area (Å²) in [5.41, 5.74) is 1.47. The Bertz CT molecular complexity index is 792. The van der Waals surface area contributed by atoms with Gasteiger partial charge in [0.2, 0.25) is 0 Å². The van der Waals surface area contributed by atoms with Crippen LogP contribution >= 0.6 is 0 Å². The van der Waals surface area contributed by atoms with E-state index in [1.165, 1.54) is 24.4 Å². The zero-order chi connectivity index (χ0) is 18.5. The number of carbonyl (C=O) groups excluding carboxylic acids is 2. The van der Waals surface area contributed by atoms with Crippen LogP contribution in [0.1, 0.15) is 46.2 Å². The first-order valence-electron chi connectivity index (χ1n) is 8.81. The van der Waals surface area contributed by atoms with Crippen molar-refractivity contribution in [1.29, 1.82) is 0 Å². The number of benzene rings is 1. The van der Waals surface area contributed by atoms with Gasteiger partial charge in [-0.05, 0) is 48.6 Å². The highest BCUT2D eigenvalue weighted by atomic mass is 19.1. The van der Waals surface area contributed by atoms with Gasteiger partial charge in [-0.15, -0.1) is 0 Å². The van der Waals surface area contributed by atoms with Crippen LogP contribution in [0.4, 0.5) is 4.39 Å². The van der Waals surface area contributed by atoms with Crippen molar-refractivity contribution >= 4 is 11.8 Å². The van der Waals surface area contributed by atoms with Crippen LogP contribution in [0.25, 0.3) is 0 Å². The van der Waals surface area contributed by atoms with Gasteiger partial charge in [0.1, 0.15) is 11.5 Å². The zero-order valence-electron chi connectivity index (χ0n) is 14.7. The molecule has 1 N–H and O–H groups in total. The fourth-order valence-electron chi connectivity index (χ4n) is 3.11. The van der Waals surface area contributed by atoms with Gasteiger partial charge >= 0.3 is 0 Å². The van der Waals surface area contributed by atoms with E-state index in [9.17, 15) is 14.0 Å². The summed E-state index contributed by atoms with van der Waals surface area (Å²) in [5.74, 6) is -0.262. The molecule has 5 nitrogen and oxygen atoms in total. The summed E-state index contributed by atoms with van der Waals surface area (Å²) in [5, 5.41) is 2.77. The van der Waals surface area contributed by atoms with Crippen molar-refractivity contribution in [2.75, 3.05) is 13.1 Å². The predicted molar refractivity (Wildman–Crippen MR) is 96.1 cm³/mol. The minimum atomic E-state index is -0.315. The lowest BCUT2D eigenvalue weighted by molar-refractivity contribution is 0.0677. The zero-order valence-corrected chi connectivity index (χ0v) is 14.7. The van der Waals surface area contributed by atoms with Crippen LogP contribution in [0.5, 0.6) is 0 Å². The molecule has 1 aliphatic heterocycles. The summed E-state index contributed by atoms with van der Waals surface area (Å²) < 4.78 is 12.9. The van der Waals surface area contributed by atoms with Crippen LogP contribution < -0.4 is 5.32 Å². The maximum atomic E-state index is 12.9. The highest BCUT2D eigenvalue weighted by molar-refractivity contribution is 5.98. The summed E-state index contributed by atoms with van der Waals surface area (Å²) >= 11 is 0. The minimum absolute atomic E-state index is 0.135. The van der Waals surface area contributed by atoms with Crippen LogP contribution in [0.2, 0.25) is 0 Å². The molecule has 1 atom stereocenters. The number of rotatable bonds is 4. The number of likely N-dealkylation sites (tertiary alicyclic amines) is 1. The number of amides is 2. The second kappa shape index (κ2) is 8.08. The summed E-state index contributed by atoms with van der Waals surface area (Å²) in [6.07, 6.45) is 3.60. The second-order valence-corrected chi connectivity index (χ2v) is 6.74. The number of halogens is 1. The molecule has 1 unspecified atom stereocenters. The van der Waals surface area contributed by atoms with E-state index in [1.54, 1.807) is 23.1 Å². The molecule has 0 bridgehead atoms. The van der Waals surface area contributed by atoms with Gasteiger partial charge in [0.25, 0.3) is 11.8 Å². The van der Waals surface area contributed by atoms with Crippen LogP contribution in [0.3, 0.4) is 0 Å². The van der Waals surface area contributed by atoms with Gasteiger partial charge in [0.15, 0.2) is 0 Å². The monoisotopic (exact) mass is 355 g/mol. The number of nitrogens with zero attached hydrogens (tertiary/aromatic N) is 2. The highest BCUT2D eigenvalue weighted by Crippen LogP contribution is 2.17. The average molecular weight is 355 g/mol. The minimum Gasteiger partial charge on any atom is -0.348 e. The normalized spacial score (nSPS) is 17.0. The molecule has 0 aliphatic carbocycles. The average Bonchev–Trinajstić information content (AvgIpc) is 2.67. The molecule has 0 radical (unpaired) electrons. The summed E-state index contributed by atoms with van der Waals surface area (Å²) in [7, 11) is 0. The summed E-state index contributed by atoms with van der Waals surface area (Å²) in [4.78, 5) is 30.9. The number of carbonyl (C=O) groups is 2. The van der Waals surface area contributed by atoms with E-state index in [1.807, 2.05) is 0 Å². The molecule has 1 saturated heterocycles. The van der Waals surface area contributed by atoms with Gasteiger partial charge in [-0.2, -0.15) is 0 Å². The number of hydrogen-bond donors (Lipinski definition) is 1. The molecular formula is C20H22FN3O2. The SMILES string of the molecule is CC1CCCN(C(=O)c2cc(C(=O)NCc3ccc(F)cc3)ccn2)C1. The molecule has 6 heteroatoms. The third-order valence-electron chi connectivity index (χ3n) is 4.55. The van der Waals surface area contributed by atoms with Crippen LogP contribution in [-0.2, 0) is 6.54 Å². The molecule has 1 aromatic heterocycles. The van der Waals surface area contributed by atoms with E-state index in [2.05, 4.69) is 17.2 Å². The van der Waals surface area contributed by atoms with Crippen molar-refractivity contribution in [3.63, 3.8) is 0 Å². The molecule has 3 rings (SSSR count). The van der Waals surface area contributed by atoms with E-state index in [0.717, 1.165) is 31.5 Å². The highest BCUT2D eigenvalue weighted by Gasteiger charge is 2.23. The Labute approximate surface area is 152 Å². The third kappa shape index (κ3) is 4.45. The van der Waals surface area contributed by atoms with Gasteiger partial charge in [0, 0.05) is 31.4 Å². The van der Waals surface area contributed by atoms with Gasteiger partial charge in [-0.3, -0.25) is 14.6 Å². The molecular weight excluding hydrogens is 333 g/mol. The second-order valence-electron chi connectivity index (χ2n) is 6.74. The Morgan fingerprint density at radius 3 is 2.77 bits per heavy atom. The van der Waals surface area contributed by atoms with E-state index < -0.39 is 0 Å². The standard InChI is InChI=1S/C20H22FN3O2/c1-14-3-2-10-24(13-14)20(26)18-11-16(8-9-22-18)19(25)23-12-15-4-6-17(21)7-5-15/h4-9,11,14H,2-3,10,12-13H2,1H3,(H,23,25). The first kappa shape index (κ1) is 18.0. The third-order valence-corrected chi connectivity index (χ3v) is 4.55. The topological polar surface area (TPSA) is 62.3 Å². The van der Waals surface area contributed by atoms with E-state index >= 15 is 0 Å². The van der Waals surface area contributed by atoms with Crippen LogP contribution in [-0.4, -0.2) is 34.8 Å². The lowest BCUT2D eigenvalue weighted by Crippen LogP contribution is -2.39. The molecule has 2 heterocycles. The van der Waals surface area contributed by atoms with Gasteiger partial charge in [-0.1, -0.05) is 19.1 Å². The van der Waals surface area contributed by atoms with E-state index in [-0.39, 0.29) is 29.9 Å². The molecule has 26 heavy (non-hydrogen) atoms. The Kier molecular flexibility index (Phi) is 5.61. The van der Waals surface area contributed by atoms with Crippen molar-refractivity contribution in [3.8, 4) is 0 Å². The number of hydrogen-bond acceptors (Lipinski definition) is 3. The largest absolute Gasteiger partial charge is 0.348 e. The molecule has 0 saturated carbocycles. The molecule has 2 amide bonds. The van der Waals surface area contributed by atoms with Crippen molar-refractivity contribution in [3.05, 3.63) is 65.2 Å². The number of aromatic nitrogens is 1. The molecule has 1 fully saturated rings. The van der Waals surface area contributed by atoms with Crippen molar-refractivity contribution in [2.45, 2.75) is 26.3 Å². The van der Waals surface area contributed by atoms with Crippen molar-refractivity contribution in [2.24, 2.45) is 5.92 Å².